The summed E-state index contributed by atoms with van der Waals surface area (Å²) in [5, 5.41) is 16.7. The number of imidazole rings is 1. The Bertz CT molecular complexity index is 632. The molecule has 0 radical (unpaired) electrons. The van der Waals surface area contributed by atoms with E-state index in [1.54, 1.807) is 0 Å². The highest BCUT2D eigenvalue weighted by Crippen LogP contribution is 2.33. The molecule has 3 heterocycles. The molecule has 1 aliphatic rings. The minimum absolute atomic E-state index is 0.127. The molecule has 2 atom stereocenters. The number of tetrazole rings is 1. The Morgan fingerprint density at radius 3 is 3.15 bits per heavy atom. The van der Waals surface area contributed by atoms with Gasteiger partial charge in [0.15, 0.2) is 5.82 Å². The van der Waals surface area contributed by atoms with Crippen molar-refractivity contribution in [1.82, 2.24) is 30.2 Å². The van der Waals surface area contributed by atoms with Gasteiger partial charge in [0, 0.05) is 25.4 Å². The first-order valence-corrected chi connectivity index (χ1v) is 8.08. The van der Waals surface area contributed by atoms with Crippen molar-refractivity contribution in [3.8, 4) is 11.5 Å². The number of aromatic nitrogens is 6. The fourth-order valence-corrected chi connectivity index (χ4v) is 2.95. The number of aromatic amines is 1. The number of hydrogen-bond donors (Lipinski definition) is 4. The van der Waals surface area contributed by atoms with Crippen LogP contribution in [0.25, 0.3) is 11.5 Å². The van der Waals surface area contributed by atoms with Crippen LogP contribution in [0.2, 0.25) is 0 Å². The Morgan fingerprint density at radius 2 is 2.45 bits per heavy atom. The summed E-state index contributed by atoms with van der Waals surface area (Å²) >= 11 is 0. The average Bonchev–Trinajstić information content (AvgIpc) is 3.03. The molecule has 108 valence electrons. The van der Waals surface area contributed by atoms with Crippen LogP contribution in [-0.4, -0.2) is 47.8 Å². The van der Waals surface area contributed by atoms with E-state index in [-0.39, 0.29) is 12.1 Å². The number of fused-ring (bicyclic) bond motifs is 1. The van der Waals surface area contributed by atoms with Crippen LogP contribution in [0, 0.1) is 5.92 Å². The lowest BCUT2D eigenvalue weighted by Gasteiger charge is -2.25. The molecular formula is C9H15N8O2P. The van der Waals surface area contributed by atoms with E-state index in [0.717, 1.165) is 12.5 Å². The summed E-state index contributed by atoms with van der Waals surface area (Å²) in [5.41, 5.74) is 5.82. The molecule has 2 aromatic heterocycles. The molecule has 10 nitrogen and oxygen atoms in total. The molecule has 0 saturated carbocycles. The molecule has 20 heavy (non-hydrogen) atoms. The second-order valence-electron chi connectivity index (χ2n) is 4.87. The molecule has 0 fully saturated rings. The van der Waals surface area contributed by atoms with E-state index in [2.05, 4.69) is 30.9 Å². The smallest absolute Gasteiger partial charge is 0.264 e. The maximum atomic E-state index is 11.1. The van der Waals surface area contributed by atoms with Crippen LogP contribution < -0.4 is 10.8 Å². The molecule has 3 rings (SSSR count). The zero-order chi connectivity index (χ0) is 14.2. The molecule has 0 aliphatic carbocycles. The zero-order valence-corrected chi connectivity index (χ0v) is 11.5. The van der Waals surface area contributed by atoms with Gasteiger partial charge in [-0.2, -0.15) is 0 Å². The molecule has 2 unspecified atom stereocenters. The molecule has 1 aliphatic heterocycles. The Labute approximate surface area is 114 Å². The van der Waals surface area contributed by atoms with Crippen molar-refractivity contribution in [2.24, 2.45) is 11.4 Å². The maximum Gasteiger partial charge on any atom is 0.264 e. The number of nitrogens with one attached hydrogen (secondary N) is 2. The summed E-state index contributed by atoms with van der Waals surface area (Å²) in [6.07, 6.45) is 2.56. The predicted octanol–water partition coefficient (Wildman–Crippen LogP) is -0.361. The summed E-state index contributed by atoms with van der Waals surface area (Å²) in [6, 6.07) is 0. The molecule has 0 spiro atoms. The van der Waals surface area contributed by atoms with Gasteiger partial charge in [-0.05, 0) is 22.8 Å². The van der Waals surface area contributed by atoms with Crippen molar-refractivity contribution in [3.63, 3.8) is 0 Å². The van der Waals surface area contributed by atoms with E-state index >= 15 is 0 Å². The molecule has 0 saturated heterocycles. The van der Waals surface area contributed by atoms with Gasteiger partial charge in [0.25, 0.3) is 7.52 Å². The van der Waals surface area contributed by atoms with Gasteiger partial charge in [-0.15, -0.1) is 5.10 Å². The van der Waals surface area contributed by atoms with Crippen molar-refractivity contribution in [2.75, 3.05) is 18.0 Å². The van der Waals surface area contributed by atoms with E-state index in [0.29, 0.717) is 24.5 Å². The van der Waals surface area contributed by atoms with Crippen LogP contribution in [0.1, 0.15) is 6.42 Å². The van der Waals surface area contributed by atoms with Crippen molar-refractivity contribution >= 4 is 13.5 Å². The number of nitrogens with zero attached hydrogens (tertiary/aromatic N) is 5. The molecular weight excluding hydrogens is 283 g/mol. The molecule has 0 bridgehead atoms. The van der Waals surface area contributed by atoms with Crippen molar-refractivity contribution < 1.29 is 9.46 Å². The first kappa shape index (κ1) is 13.2. The average molecular weight is 298 g/mol. The zero-order valence-electron chi connectivity index (χ0n) is 10.6. The summed E-state index contributed by atoms with van der Waals surface area (Å²) in [7, 11) is -3.44. The van der Waals surface area contributed by atoms with Crippen LogP contribution in [0.4, 0.5) is 5.95 Å². The minimum atomic E-state index is -3.44. The second-order valence-corrected chi connectivity index (χ2v) is 6.83. The summed E-state index contributed by atoms with van der Waals surface area (Å²) < 4.78 is 13.1. The molecule has 5 N–H and O–H groups in total. The summed E-state index contributed by atoms with van der Waals surface area (Å²) in [4.78, 5) is 13.5. The standard InChI is InChI=1S/C9H15N8O2P/c10-20(18,19)2-1-6-3-11-9-12-7(5-17(9)4-6)8-13-15-16-14-8/h5-6H,1-4H2,(H,11,12)(H3,10,18,19)(H,13,14,15,16). The number of anilines is 1. The number of rotatable bonds is 4. The van der Waals surface area contributed by atoms with E-state index < -0.39 is 7.52 Å². The van der Waals surface area contributed by atoms with E-state index in [1.165, 1.54) is 0 Å². The van der Waals surface area contributed by atoms with Crippen LogP contribution in [0.3, 0.4) is 0 Å². The Morgan fingerprint density at radius 1 is 1.60 bits per heavy atom. The van der Waals surface area contributed by atoms with Gasteiger partial charge in [0.2, 0.25) is 5.95 Å². The summed E-state index contributed by atoms with van der Waals surface area (Å²) in [6.45, 7) is 1.42. The lowest BCUT2D eigenvalue weighted by Crippen LogP contribution is -2.28. The quantitative estimate of drug-likeness (QED) is 0.559. The first-order valence-electron chi connectivity index (χ1n) is 6.17. The van der Waals surface area contributed by atoms with Crippen molar-refractivity contribution in [3.05, 3.63) is 6.20 Å². The minimum Gasteiger partial charge on any atom is -0.355 e. The van der Waals surface area contributed by atoms with Crippen molar-refractivity contribution in [2.45, 2.75) is 13.0 Å². The second kappa shape index (κ2) is 4.97. The lowest BCUT2D eigenvalue weighted by molar-refractivity contribution is 0.416. The Balaban J connectivity index is 1.70. The van der Waals surface area contributed by atoms with Crippen LogP contribution in [0.15, 0.2) is 6.20 Å². The number of nitrogens with two attached hydrogens (primary N) is 1. The van der Waals surface area contributed by atoms with Gasteiger partial charge < -0.3 is 14.8 Å². The topological polar surface area (TPSA) is 148 Å². The summed E-state index contributed by atoms with van der Waals surface area (Å²) in [5.74, 6) is 1.49. The predicted molar refractivity (Wildman–Crippen MR) is 70.9 cm³/mol. The molecule has 11 heteroatoms. The van der Waals surface area contributed by atoms with Gasteiger partial charge in [-0.1, -0.05) is 0 Å². The van der Waals surface area contributed by atoms with Crippen LogP contribution in [0.5, 0.6) is 0 Å². The fraction of sp³-hybridized carbons (Fsp3) is 0.556. The SMILES string of the molecule is NP(=O)(O)CCC1CNc2nc(-c3nnn[nH]3)cn2C1. The highest BCUT2D eigenvalue weighted by molar-refractivity contribution is 7.55. The lowest BCUT2D eigenvalue weighted by atomic mass is 10.1. The Kier molecular flexibility index (Phi) is 3.28. The number of hydrogen-bond acceptors (Lipinski definition) is 6. The molecule has 0 aromatic carbocycles. The van der Waals surface area contributed by atoms with E-state index in [9.17, 15) is 4.57 Å². The Hall–Kier alpha value is -1.77. The molecule has 2 aromatic rings. The van der Waals surface area contributed by atoms with Crippen LogP contribution >= 0.6 is 7.52 Å². The van der Waals surface area contributed by atoms with Gasteiger partial charge in [-0.25, -0.2) is 10.1 Å². The third kappa shape index (κ3) is 2.87. The fourth-order valence-electron chi connectivity index (χ4n) is 2.22. The van der Waals surface area contributed by atoms with Gasteiger partial charge in [0.1, 0.15) is 5.69 Å². The van der Waals surface area contributed by atoms with E-state index in [1.807, 2.05) is 10.8 Å². The largest absolute Gasteiger partial charge is 0.355 e. The van der Waals surface area contributed by atoms with Gasteiger partial charge >= 0.3 is 0 Å². The molecule has 0 amide bonds. The number of H-pyrrole nitrogens is 1. The van der Waals surface area contributed by atoms with Gasteiger partial charge in [-0.3, -0.25) is 10.1 Å². The van der Waals surface area contributed by atoms with Crippen LogP contribution in [-0.2, 0) is 11.1 Å². The highest BCUT2D eigenvalue weighted by atomic mass is 31.2. The monoisotopic (exact) mass is 298 g/mol. The van der Waals surface area contributed by atoms with Gasteiger partial charge in [0.05, 0.1) is 0 Å². The first-order chi connectivity index (χ1) is 9.51. The third-order valence-electron chi connectivity index (χ3n) is 3.23. The maximum absolute atomic E-state index is 11.1. The van der Waals surface area contributed by atoms with Crippen molar-refractivity contribution in [1.29, 1.82) is 0 Å². The highest BCUT2D eigenvalue weighted by Gasteiger charge is 2.23. The van der Waals surface area contributed by atoms with E-state index in [4.69, 9.17) is 10.4 Å². The normalized spacial score (nSPS) is 21.0. The third-order valence-corrected chi connectivity index (χ3v) is 4.12.